The number of hydrogen-bond donors (Lipinski definition) is 0. The summed E-state index contributed by atoms with van der Waals surface area (Å²) in [6.45, 7) is 0.615. The second-order valence-electron chi connectivity index (χ2n) is 3.54. The number of methoxy groups -OCH3 is 1. The van der Waals surface area contributed by atoms with Crippen molar-refractivity contribution in [1.29, 1.82) is 0 Å². The normalized spacial score (nSPS) is 10.2. The summed E-state index contributed by atoms with van der Waals surface area (Å²) in [6.07, 6.45) is 4.06. The van der Waals surface area contributed by atoms with Crippen molar-refractivity contribution in [3.05, 3.63) is 46.5 Å². The molecule has 0 bridgehead atoms. The largest absolute Gasteiger partial charge is 0.496 e. The second-order valence-corrected chi connectivity index (χ2v) is 4.46. The molecule has 0 atom stereocenters. The predicted molar refractivity (Wildman–Crippen MR) is 67.4 cm³/mol. The number of benzene rings is 1. The lowest BCUT2D eigenvalue weighted by atomic mass is 10.2. The molecule has 2 aromatic rings. The number of ether oxygens (including phenoxy) is 1. The van der Waals surface area contributed by atoms with Crippen LogP contribution in [-0.2, 0) is 6.54 Å². The van der Waals surface area contributed by atoms with E-state index in [1.54, 1.807) is 19.6 Å². The summed E-state index contributed by atoms with van der Waals surface area (Å²) in [7, 11) is 1.64. The number of aromatic nitrogens is 2. The fourth-order valence-corrected chi connectivity index (χ4v) is 2.00. The molecule has 1 heterocycles. The summed E-state index contributed by atoms with van der Waals surface area (Å²) >= 11 is 3.42. The van der Waals surface area contributed by atoms with Crippen molar-refractivity contribution in [2.24, 2.45) is 0 Å². The van der Waals surface area contributed by atoms with Crippen LogP contribution in [0.5, 0.6) is 5.75 Å². The first kappa shape index (κ1) is 11.9. The zero-order valence-corrected chi connectivity index (χ0v) is 10.8. The number of rotatable bonds is 4. The zero-order valence-electron chi connectivity index (χ0n) is 9.26. The Morgan fingerprint density at radius 2 is 2.35 bits per heavy atom. The number of imidazole rings is 1. The van der Waals surface area contributed by atoms with Crippen molar-refractivity contribution in [3.8, 4) is 5.75 Å². The Morgan fingerprint density at radius 3 is 3.00 bits per heavy atom. The maximum atomic E-state index is 10.5. The van der Waals surface area contributed by atoms with E-state index in [9.17, 15) is 4.79 Å². The van der Waals surface area contributed by atoms with Gasteiger partial charge in [-0.05, 0) is 18.2 Å². The molecule has 88 valence electrons. The molecule has 0 spiro atoms. The smallest absolute Gasteiger partial charge is 0.169 e. The summed E-state index contributed by atoms with van der Waals surface area (Å²) in [5.74, 6) is 0.814. The van der Waals surface area contributed by atoms with Gasteiger partial charge in [-0.25, -0.2) is 4.98 Å². The Labute approximate surface area is 107 Å². The molecule has 17 heavy (non-hydrogen) atoms. The molecule has 0 aliphatic carbocycles. The van der Waals surface area contributed by atoms with Gasteiger partial charge < -0.3 is 9.30 Å². The van der Waals surface area contributed by atoms with Gasteiger partial charge in [0.25, 0.3) is 0 Å². The maximum absolute atomic E-state index is 10.5. The Balaban J connectivity index is 2.28. The summed E-state index contributed by atoms with van der Waals surface area (Å²) < 4.78 is 8.11. The fraction of sp³-hybridized carbons (Fsp3) is 0.167. The number of carbonyl (C=O) groups excluding carboxylic acids is 1. The summed E-state index contributed by atoms with van der Waals surface area (Å²) in [5.41, 5.74) is 1.45. The first-order chi connectivity index (χ1) is 8.22. The van der Waals surface area contributed by atoms with Crippen LogP contribution in [-0.4, -0.2) is 22.9 Å². The molecule has 0 unspecified atom stereocenters. The molecular formula is C12H11BrN2O2. The monoisotopic (exact) mass is 294 g/mol. The van der Waals surface area contributed by atoms with Gasteiger partial charge in [-0.3, -0.25) is 4.79 Å². The van der Waals surface area contributed by atoms with Gasteiger partial charge in [-0.2, -0.15) is 0 Å². The van der Waals surface area contributed by atoms with E-state index in [-0.39, 0.29) is 0 Å². The number of hydrogen-bond acceptors (Lipinski definition) is 3. The van der Waals surface area contributed by atoms with Gasteiger partial charge in [0.1, 0.15) is 11.4 Å². The third kappa shape index (κ3) is 2.74. The highest BCUT2D eigenvalue weighted by atomic mass is 79.9. The first-order valence-corrected chi connectivity index (χ1v) is 5.81. The van der Waals surface area contributed by atoms with E-state index in [0.29, 0.717) is 12.2 Å². The van der Waals surface area contributed by atoms with Crippen molar-refractivity contribution >= 4 is 22.2 Å². The number of halogens is 1. The van der Waals surface area contributed by atoms with E-state index in [4.69, 9.17) is 4.74 Å². The van der Waals surface area contributed by atoms with E-state index in [0.717, 1.165) is 22.1 Å². The lowest BCUT2D eigenvalue weighted by Crippen LogP contribution is -1.99. The van der Waals surface area contributed by atoms with E-state index in [1.807, 2.05) is 22.8 Å². The van der Waals surface area contributed by atoms with Crippen LogP contribution in [0.2, 0.25) is 0 Å². The third-order valence-electron chi connectivity index (χ3n) is 2.37. The molecule has 0 radical (unpaired) electrons. The van der Waals surface area contributed by atoms with Crippen molar-refractivity contribution in [2.45, 2.75) is 6.54 Å². The van der Waals surface area contributed by atoms with Crippen molar-refractivity contribution in [3.63, 3.8) is 0 Å². The molecule has 1 aromatic heterocycles. The van der Waals surface area contributed by atoms with Gasteiger partial charge in [-0.15, -0.1) is 0 Å². The van der Waals surface area contributed by atoms with Gasteiger partial charge >= 0.3 is 0 Å². The van der Waals surface area contributed by atoms with Crippen LogP contribution >= 0.6 is 15.9 Å². The van der Waals surface area contributed by atoms with Gasteiger partial charge in [0.2, 0.25) is 0 Å². The highest BCUT2D eigenvalue weighted by Gasteiger charge is 2.05. The molecule has 0 amide bonds. The SMILES string of the molecule is COc1ccc(Br)cc1Cn1cnc(C=O)c1. The lowest BCUT2D eigenvalue weighted by molar-refractivity contribution is 0.111. The fourth-order valence-electron chi connectivity index (χ4n) is 1.59. The molecule has 0 saturated heterocycles. The molecule has 5 heteroatoms. The van der Waals surface area contributed by atoms with Crippen LogP contribution in [0.4, 0.5) is 0 Å². The van der Waals surface area contributed by atoms with E-state index >= 15 is 0 Å². The van der Waals surface area contributed by atoms with Crippen molar-refractivity contribution in [2.75, 3.05) is 7.11 Å². The molecule has 4 nitrogen and oxygen atoms in total. The Kier molecular flexibility index (Phi) is 3.58. The lowest BCUT2D eigenvalue weighted by Gasteiger charge is -2.09. The minimum atomic E-state index is 0.430. The van der Waals surface area contributed by atoms with Crippen LogP contribution in [0, 0.1) is 0 Å². The van der Waals surface area contributed by atoms with Crippen LogP contribution in [0.3, 0.4) is 0 Å². The van der Waals surface area contributed by atoms with E-state index < -0.39 is 0 Å². The minimum Gasteiger partial charge on any atom is -0.496 e. The summed E-state index contributed by atoms with van der Waals surface area (Å²) in [5, 5.41) is 0. The first-order valence-electron chi connectivity index (χ1n) is 5.02. The van der Waals surface area contributed by atoms with Crippen LogP contribution < -0.4 is 4.74 Å². The molecule has 0 aliphatic rings. The standard InChI is InChI=1S/C12H11BrN2O2/c1-17-12-3-2-10(13)4-9(12)5-15-6-11(7-16)14-8-15/h2-4,6-8H,5H2,1H3. The van der Waals surface area contributed by atoms with Crippen LogP contribution in [0.25, 0.3) is 0 Å². The Morgan fingerprint density at radius 1 is 1.53 bits per heavy atom. The predicted octanol–water partition coefficient (Wildman–Crippen LogP) is 2.51. The van der Waals surface area contributed by atoms with Gasteiger partial charge in [-0.1, -0.05) is 15.9 Å². The summed E-state index contributed by atoms with van der Waals surface area (Å²) in [4.78, 5) is 14.5. The quantitative estimate of drug-likeness (QED) is 0.814. The Bertz CT molecular complexity index is 537. The highest BCUT2D eigenvalue weighted by Crippen LogP contribution is 2.23. The maximum Gasteiger partial charge on any atom is 0.169 e. The zero-order chi connectivity index (χ0) is 12.3. The molecule has 0 aliphatic heterocycles. The van der Waals surface area contributed by atoms with E-state index in [1.165, 1.54) is 0 Å². The number of aldehydes is 1. The van der Waals surface area contributed by atoms with Gasteiger partial charge in [0.15, 0.2) is 6.29 Å². The molecule has 2 rings (SSSR count). The van der Waals surface area contributed by atoms with Crippen molar-refractivity contribution < 1.29 is 9.53 Å². The van der Waals surface area contributed by atoms with Crippen molar-refractivity contribution in [1.82, 2.24) is 9.55 Å². The van der Waals surface area contributed by atoms with E-state index in [2.05, 4.69) is 20.9 Å². The third-order valence-corrected chi connectivity index (χ3v) is 2.86. The molecule has 0 saturated carbocycles. The molecular weight excluding hydrogens is 284 g/mol. The highest BCUT2D eigenvalue weighted by molar-refractivity contribution is 9.10. The number of carbonyl (C=O) groups is 1. The topological polar surface area (TPSA) is 44.1 Å². The average molecular weight is 295 g/mol. The molecule has 0 fully saturated rings. The minimum absolute atomic E-state index is 0.430. The molecule has 1 aromatic carbocycles. The van der Waals surface area contributed by atoms with Gasteiger partial charge in [0, 0.05) is 16.2 Å². The number of nitrogens with zero attached hydrogens (tertiary/aromatic N) is 2. The van der Waals surface area contributed by atoms with Crippen LogP contribution in [0.1, 0.15) is 16.1 Å². The van der Waals surface area contributed by atoms with Gasteiger partial charge in [0.05, 0.1) is 20.0 Å². The van der Waals surface area contributed by atoms with Crippen LogP contribution in [0.15, 0.2) is 35.2 Å². The Hall–Kier alpha value is -1.62. The second kappa shape index (κ2) is 5.14. The average Bonchev–Trinajstić information content (AvgIpc) is 2.77. The molecule has 0 N–H and O–H groups in total. The summed E-state index contributed by atoms with van der Waals surface area (Å²) in [6, 6.07) is 5.81.